The Morgan fingerprint density at radius 1 is 0.727 bits per heavy atom. The van der Waals surface area contributed by atoms with Gasteiger partial charge in [0.25, 0.3) is 0 Å². The molecule has 240 valence electrons. The number of Topliss-reactive ketones (excluding diaryl/α,β-unsaturated/α-hetero) is 1. The smallest absolute Gasteiger partial charge is 0.165 e. The monoisotopic (exact) mass is 600 g/mol. The van der Waals surface area contributed by atoms with Crippen molar-refractivity contribution in [1.82, 2.24) is 0 Å². The normalized spacial score (nSPS) is 24.2. The van der Waals surface area contributed by atoms with Crippen LogP contribution in [0, 0.1) is 10.8 Å². The number of hydrogen-bond acceptors (Lipinski definition) is 4. The van der Waals surface area contributed by atoms with E-state index in [4.69, 9.17) is 0 Å². The van der Waals surface area contributed by atoms with E-state index in [0.717, 1.165) is 35.1 Å². The fourth-order valence-electron chi connectivity index (χ4n) is 6.38. The zero-order valence-electron chi connectivity index (χ0n) is 28.6. The lowest BCUT2D eigenvalue weighted by Crippen LogP contribution is -2.30. The summed E-state index contributed by atoms with van der Waals surface area (Å²) in [6.07, 6.45) is 26.5. The molecule has 0 aliphatic heterocycles. The Morgan fingerprint density at radius 2 is 1.20 bits per heavy atom. The minimum absolute atomic E-state index is 0.0172. The molecule has 2 rings (SSSR count). The Hall–Kier alpha value is -3.05. The second-order valence-corrected chi connectivity index (χ2v) is 14.0. The molecule has 0 saturated carbocycles. The maximum Gasteiger partial charge on any atom is 0.165 e. The van der Waals surface area contributed by atoms with Gasteiger partial charge in [-0.25, -0.2) is 0 Å². The van der Waals surface area contributed by atoms with Crippen LogP contribution in [0.15, 0.2) is 117 Å². The van der Waals surface area contributed by atoms with Gasteiger partial charge in [-0.05, 0) is 76.7 Å². The van der Waals surface area contributed by atoms with Crippen LogP contribution in [0.4, 0.5) is 0 Å². The molecule has 0 saturated heterocycles. The number of aliphatic hydroxyl groups excluding tert-OH is 3. The molecule has 0 bridgehead atoms. The van der Waals surface area contributed by atoms with Crippen molar-refractivity contribution in [1.29, 1.82) is 0 Å². The number of aliphatic hydroxyl groups is 3. The molecule has 0 amide bonds. The Morgan fingerprint density at radius 3 is 1.73 bits per heavy atom. The maximum absolute atomic E-state index is 13.0. The van der Waals surface area contributed by atoms with E-state index < -0.39 is 0 Å². The average molecular weight is 601 g/mol. The van der Waals surface area contributed by atoms with Crippen LogP contribution < -0.4 is 0 Å². The highest BCUT2D eigenvalue weighted by molar-refractivity contribution is 5.97. The summed E-state index contributed by atoms with van der Waals surface area (Å²) < 4.78 is 0. The lowest BCUT2D eigenvalue weighted by molar-refractivity contribution is -0.115. The zero-order chi connectivity index (χ0) is 33.1. The number of carbonyl (C=O) groups excluding carboxylic acids is 1. The van der Waals surface area contributed by atoms with Gasteiger partial charge in [-0.2, -0.15) is 0 Å². The molecule has 0 spiro atoms. The largest absolute Gasteiger partial charge is 0.393 e. The summed E-state index contributed by atoms with van der Waals surface area (Å²) in [5.74, 6) is -0.0754. The van der Waals surface area contributed by atoms with Crippen molar-refractivity contribution in [2.75, 3.05) is 6.61 Å². The molecule has 3 N–H and O–H groups in total. The van der Waals surface area contributed by atoms with Gasteiger partial charge in [0.05, 0.1) is 18.8 Å². The first-order valence-corrected chi connectivity index (χ1v) is 15.9. The molecule has 4 heteroatoms. The first-order chi connectivity index (χ1) is 20.6. The fraction of sp³-hybridized carbons (Fsp3) is 0.475. The van der Waals surface area contributed by atoms with Gasteiger partial charge in [-0.1, -0.05) is 134 Å². The van der Waals surface area contributed by atoms with Crippen molar-refractivity contribution in [3.8, 4) is 0 Å². The van der Waals surface area contributed by atoms with E-state index in [2.05, 4.69) is 84.9 Å². The van der Waals surface area contributed by atoms with E-state index >= 15 is 0 Å². The summed E-state index contributed by atoms with van der Waals surface area (Å²) in [5.41, 5.74) is 8.21. The van der Waals surface area contributed by atoms with E-state index in [-0.39, 0.29) is 41.8 Å². The molecule has 2 aliphatic rings. The molecule has 0 radical (unpaired) electrons. The molecule has 0 heterocycles. The standard InChI is InChI=1S/C40H56O4/c1-28(16-12-17-30(3)20-21-36-31(4)22-34(42)25-39(36,6)7)14-10-11-15-29(2)18-13-19-33(27-41)38(44)24-37-32(5)23-35(43)26-40(37,8)9/h10-21,34-35,41-43H,22-27H2,1-9H3. The van der Waals surface area contributed by atoms with Crippen LogP contribution in [-0.4, -0.2) is 39.9 Å². The molecule has 0 aromatic carbocycles. The molecule has 2 unspecified atom stereocenters. The second kappa shape index (κ2) is 16.9. The first kappa shape index (κ1) is 37.1. The van der Waals surface area contributed by atoms with Crippen LogP contribution in [0.1, 0.15) is 94.4 Å². The van der Waals surface area contributed by atoms with Crippen molar-refractivity contribution in [3.05, 3.63) is 117 Å². The highest BCUT2D eigenvalue weighted by Gasteiger charge is 2.34. The van der Waals surface area contributed by atoms with E-state index in [1.165, 1.54) is 16.7 Å². The van der Waals surface area contributed by atoms with Gasteiger partial charge in [0.2, 0.25) is 0 Å². The molecular formula is C40H56O4. The van der Waals surface area contributed by atoms with Crippen molar-refractivity contribution < 1.29 is 20.1 Å². The quantitative estimate of drug-likeness (QED) is 0.119. The highest BCUT2D eigenvalue weighted by atomic mass is 16.3. The fourth-order valence-corrected chi connectivity index (χ4v) is 6.38. The number of allylic oxidation sites excluding steroid dienone is 17. The van der Waals surface area contributed by atoms with Crippen LogP contribution in [0.25, 0.3) is 0 Å². The van der Waals surface area contributed by atoms with Crippen LogP contribution in [0.5, 0.6) is 0 Å². The molecule has 2 atom stereocenters. The Bertz CT molecular complexity index is 1350. The number of rotatable bonds is 12. The van der Waals surface area contributed by atoms with Crippen LogP contribution in [0.3, 0.4) is 0 Å². The molecule has 0 aromatic rings. The van der Waals surface area contributed by atoms with Gasteiger partial charge >= 0.3 is 0 Å². The Kier molecular flexibility index (Phi) is 14.2. The topological polar surface area (TPSA) is 77.8 Å². The van der Waals surface area contributed by atoms with E-state index in [1.54, 1.807) is 6.08 Å². The van der Waals surface area contributed by atoms with E-state index in [9.17, 15) is 20.1 Å². The number of carbonyl (C=O) groups is 1. The SMILES string of the molecule is CC(C=CC=C(C)C=CC1=C(C)CC(O)CC1(C)C)=CC=CC=C(C)C=CC=C(CO)C(=O)CC1=C(C)CC(O)CC1(C)C. The van der Waals surface area contributed by atoms with Crippen molar-refractivity contribution in [3.63, 3.8) is 0 Å². The van der Waals surface area contributed by atoms with E-state index in [1.807, 2.05) is 44.2 Å². The minimum Gasteiger partial charge on any atom is -0.393 e. The van der Waals surface area contributed by atoms with Gasteiger partial charge in [0, 0.05) is 12.0 Å². The molecule has 4 nitrogen and oxygen atoms in total. The van der Waals surface area contributed by atoms with Gasteiger partial charge in [-0.3, -0.25) is 4.79 Å². The Balaban J connectivity index is 1.94. The van der Waals surface area contributed by atoms with Gasteiger partial charge in [0.15, 0.2) is 5.78 Å². The molecule has 2 aliphatic carbocycles. The third-order valence-corrected chi connectivity index (χ3v) is 8.68. The van der Waals surface area contributed by atoms with Crippen molar-refractivity contribution in [2.45, 2.75) is 107 Å². The third kappa shape index (κ3) is 11.8. The van der Waals surface area contributed by atoms with Crippen LogP contribution in [-0.2, 0) is 4.79 Å². The highest BCUT2D eigenvalue weighted by Crippen LogP contribution is 2.43. The molecule has 0 aromatic heterocycles. The summed E-state index contributed by atoms with van der Waals surface area (Å²) in [6.45, 7) is 18.5. The number of hydrogen-bond donors (Lipinski definition) is 3. The number of ketones is 1. The summed E-state index contributed by atoms with van der Waals surface area (Å²) >= 11 is 0. The van der Waals surface area contributed by atoms with Crippen molar-refractivity contribution >= 4 is 5.78 Å². The average Bonchev–Trinajstić information content (AvgIpc) is 2.89. The van der Waals surface area contributed by atoms with Gasteiger partial charge < -0.3 is 15.3 Å². The van der Waals surface area contributed by atoms with E-state index in [0.29, 0.717) is 18.4 Å². The van der Waals surface area contributed by atoms with Gasteiger partial charge in [-0.15, -0.1) is 0 Å². The lowest BCUT2D eigenvalue weighted by Gasteiger charge is -2.37. The zero-order valence-corrected chi connectivity index (χ0v) is 28.6. The predicted molar refractivity (Wildman–Crippen MR) is 186 cm³/mol. The molecule has 44 heavy (non-hydrogen) atoms. The minimum atomic E-state index is -0.363. The van der Waals surface area contributed by atoms with Crippen LogP contribution >= 0.6 is 0 Å². The summed E-state index contributed by atoms with van der Waals surface area (Å²) in [5, 5.41) is 30.1. The first-order valence-electron chi connectivity index (χ1n) is 15.9. The summed E-state index contributed by atoms with van der Waals surface area (Å²) in [7, 11) is 0. The van der Waals surface area contributed by atoms with Crippen molar-refractivity contribution in [2.24, 2.45) is 10.8 Å². The second-order valence-electron chi connectivity index (χ2n) is 14.0. The molecule has 0 fully saturated rings. The van der Waals surface area contributed by atoms with Crippen LogP contribution in [0.2, 0.25) is 0 Å². The summed E-state index contributed by atoms with van der Waals surface area (Å²) in [4.78, 5) is 13.0. The predicted octanol–water partition coefficient (Wildman–Crippen LogP) is 8.92. The Labute approximate surface area is 267 Å². The summed E-state index contributed by atoms with van der Waals surface area (Å²) in [6, 6.07) is 0. The van der Waals surface area contributed by atoms with Gasteiger partial charge in [0.1, 0.15) is 0 Å². The third-order valence-electron chi connectivity index (χ3n) is 8.68. The molecular weight excluding hydrogens is 544 g/mol. The maximum atomic E-state index is 13.0. The lowest BCUT2D eigenvalue weighted by atomic mass is 9.70.